The highest BCUT2D eigenvalue weighted by Crippen LogP contribution is 2.25. The van der Waals surface area contributed by atoms with Crippen LogP contribution in [0, 0.1) is 0 Å². The third kappa shape index (κ3) is 1.98. The van der Waals surface area contributed by atoms with Crippen molar-refractivity contribution in [2.24, 2.45) is 0 Å². The van der Waals surface area contributed by atoms with Crippen LogP contribution in [0.3, 0.4) is 0 Å². The fourth-order valence-corrected chi connectivity index (χ4v) is 2.10. The van der Waals surface area contributed by atoms with Crippen LogP contribution < -0.4 is 0 Å². The molecule has 84 valence electrons. The van der Waals surface area contributed by atoms with Crippen LogP contribution in [0.15, 0.2) is 18.2 Å². The van der Waals surface area contributed by atoms with E-state index in [-0.39, 0.29) is 18.2 Å². The molecule has 0 amide bonds. The third-order valence-electron chi connectivity index (χ3n) is 2.82. The Morgan fingerprint density at radius 1 is 1.38 bits per heavy atom. The van der Waals surface area contributed by atoms with Crippen molar-refractivity contribution >= 4 is 11.8 Å². The maximum absolute atomic E-state index is 11.5. The van der Waals surface area contributed by atoms with Gasteiger partial charge in [0.1, 0.15) is 0 Å². The predicted octanol–water partition coefficient (Wildman–Crippen LogP) is 1.92. The quantitative estimate of drug-likeness (QED) is 0.728. The second kappa shape index (κ2) is 4.47. The van der Waals surface area contributed by atoms with Crippen LogP contribution in [0.25, 0.3) is 0 Å². The zero-order valence-corrected chi connectivity index (χ0v) is 9.29. The summed E-state index contributed by atoms with van der Waals surface area (Å²) in [6, 6.07) is 5.56. The van der Waals surface area contributed by atoms with Gasteiger partial charge in [0.25, 0.3) is 0 Å². The summed E-state index contributed by atoms with van der Waals surface area (Å²) < 4.78 is 4.91. The molecule has 1 aliphatic carbocycles. The largest absolute Gasteiger partial charge is 0.466 e. The molecule has 0 heterocycles. The van der Waals surface area contributed by atoms with E-state index in [2.05, 4.69) is 0 Å². The monoisotopic (exact) mass is 218 g/mol. The van der Waals surface area contributed by atoms with Gasteiger partial charge in [-0.3, -0.25) is 9.59 Å². The van der Waals surface area contributed by atoms with E-state index < -0.39 is 0 Å². The molecule has 0 bridgehead atoms. The van der Waals surface area contributed by atoms with E-state index in [0.717, 1.165) is 23.1 Å². The molecule has 1 aliphatic rings. The summed E-state index contributed by atoms with van der Waals surface area (Å²) in [4.78, 5) is 22.9. The summed E-state index contributed by atoms with van der Waals surface area (Å²) in [6.45, 7) is 2.18. The van der Waals surface area contributed by atoms with Gasteiger partial charge in [-0.05, 0) is 24.5 Å². The van der Waals surface area contributed by atoms with Crippen LogP contribution in [0.2, 0.25) is 0 Å². The van der Waals surface area contributed by atoms with E-state index in [0.29, 0.717) is 13.0 Å². The summed E-state index contributed by atoms with van der Waals surface area (Å²) in [6.07, 6.45) is 1.59. The van der Waals surface area contributed by atoms with Crippen LogP contribution in [0.5, 0.6) is 0 Å². The predicted molar refractivity (Wildman–Crippen MR) is 59.4 cm³/mol. The average Bonchev–Trinajstić information content (AvgIpc) is 2.62. The molecule has 0 saturated heterocycles. The lowest BCUT2D eigenvalue weighted by Gasteiger charge is -2.06. The Morgan fingerprint density at radius 3 is 2.94 bits per heavy atom. The van der Waals surface area contributed by atoms with E-state index in [9.17, 15) is 9.59 Å². The molecule has 0 atom stereocenters. The minimum Gasteiger partial charge on any atom is -0.466 e. The molecule has 0 saturated carbocycles. The molecule has 0 aliphatic heterocycles. The minimum atomic E-state index is -0.227. The van der Waals surface area contributed by atoms with Crippen molar-refractivity contribution in [1.82, 2.24) is 0 Å². The molecule has 0 aromatic heterocycles. The lowest BCUT2D eigenvalue weighted by atomic mass is 10.0. The maximum Gasteiger partial charge on any atom is 0.310 e. The maximum atomic E-state index is 11.5. The molecule has 3 nitrogen and oxygen atoms in total. The van der Waals surface area contributed by atoms with Gasteiger partial charge in [-0.2, -0.15) is 0 Å². The molecule has 0 N–H and O–H groups in total. The number of fused-ring (bicyclic) bond motifs is 1. The number of carbonyl (C=O) groups is 2. The lowest BCUT2D eigenvalue weighted by molar-refractivity contribution is -0.142. The van der Waals surface area contributed by atoms with Crippen molar-refractivity contribution < 1.29 is 14.3 Å². The standard InChI is InChI=1S/C13H14O3/c1-2-16-13(15)8-9-4-3-5-11-10(9)6-7-12(11)14/h3-5H,2,6-8H2,1H3. The first kappa shape index (κ1) is 10.9. The summed E-state index contributed by atoms with van der Waals surface area (Å²) in [5, 5.41) is 0. The highest BCUT2D eigenvalue weighted by atomic mass is 16.5. The van der Waals surface area contributed by atoms with Gasteiger partial charge in [0.05, 0.1) is 13.0 Å². The summed E-state index contributed by atoms with van der Waals surface area (Å²) in [7, 11) is 0. The number of hydrogen-bond donors (Lipinski definition) is 0. The fraction of sp³-hybridized carbons (Fsp3) is 0.385. The molecular formula is C13H14O3. The molecule has 3 heteroatoms. The Hall–Kier alpha value is -1.64. The number of rotatable bonds is 3. The SMILES string of the molecule is CCOC(=O)Cc1cccc2c1CCC2=O. The van der Waals surface area contributed by atoms with E-state index >= 15 is 0 Å². The molecule has 2 rings (SSSR count). The summed E-state index contributed by atoms with van der Waals surface area (Å²) in [5.41, 5.74) is 2.74. The Morgan fingerprint density at radius 2 is 2.19 bits per heavy atom. The van der Waals surface area contributed by atoms with E-state index in [4.69, 9.17) is 4.74 Å². The van der Waals surface area contributed by atoms with Gasteiger partial charge in [0, 0.05) is 12.0 Å². The Kier molecular flexibility index (Phi) is 3.04. The van der Waals surface area contributed by atoms with Gasteiger partial charge in [-0.1, -0.05) is 18.2 Å². The number of carbonyl (C=O) groups excluding carboxylic acids is 2. The summed E-state index contributed by atoms with van der Waals surface area (Å²) in [5.74, 6) is -0.0454. The Labute approximate surface area is 94.4 Å². The van der Waals surface area contributed by atoms with Gasteiger partial charge >= 0.3 is 5.97 Å². The highest BCUT2D eigenvalue weighted by Gasteiger charge is 2.22. The Bertz CT molecular complexity index is 435. The van der Waals surface area contributed by atoms with Crippen molar-refractivity contribution in [2.45, 2.75) is 26.2 Å². The number of hydrogen-bond acceptors (Lipinski definition) is 3. The van der Waals surface area contributed by atoms with Crippen LogP contribution in [-0.4, -0.2) is 18.4 Å². The van der Waals surface area contributed by atoms with Crippen LogP contribution in [-0.2, 0) is 22.4 Å². The Balaban J connectivity index is 2.23. The number of ketones is 1. The first-order valence-corrected chi connectivity index (χ1v) is 5.52. The first-order chi connectivity index (χ1) is 7.72. The van der Waals surface area contributed by atoms with Gasteiger partial charge in [-0.15, -0.1) is 0 Å². The van der Waals surface area contributed by atoms with Crippen molar-refractivity contribution in [3.63, 3.8) is 0 Å². The zero-order valence-electron chi connectivity index (χ0n) is 9.29. The zero-order chi connectivity index (χ0) is 11.5. The topological polar surface area (TPSA) is 43.4 Å². The number of benzene rings is 1. The van der Waals surface area contributed by atoms with Crippen LogP contribution >= 0.6 is 0 Å². The van der Waals surface area contributed by atoms with Crippen molar-refractivity contribution in [3.05, 3.63) is 34.9 Å². The molecule has 0 unspecified atom stereocenters. The smallest absolute Gasteiger partial charge is 0.310 e. The number of ether oxygens (including phenoxy) is 1. The summed E-state index contributed by atoms with van der Waals surface area (Å²) >= 11 is 0. The third-order valence-corrected chi connectivity index (χ3v) is 2.82. The van der Waals surface area contributed by atoms with Crippen LogP contribution in [0.4, 0.5) is 0 Å². The minimum absolute atomic E-state index is 0.181. The van der Waals surface area contributed by atoms with Crippen molar-refractivity contribution in [3.8, 4) is 0 Å². The van der Waals surface area contributed by atoms with Gasteiger partial charge in [-0.25, -0.2) is 0 Å². The van der Waals surface area contributed by atoms with Gasteiger partial charge in [0.15, 0.2) is 5.78 Å². The molecule has 0 radical (unpaired) electrons. The number of esters is 1. The second-order valence-corrected chi connectivity index (χ2v) is 3.85. The molecular weight excluding hydrogens is 204 g/mol. The van der Waals surface area contributed by atoms with Crippen molar-refractivity contribution in [1.29, 1.82) is 0 Å². The van der Waals surface area contributed by atoms with Crippen molar-refractivity contribution in [2.75, 3.05) is 6.61 Å². The highest BCUT2D eigenvalue weighted by molar-refractivity contribution is 6.01. The van der Waals surface area contributed by atoms with Gasteiger partial charge in [0.2, 0.25) is 0 Å². The fourth-order valence-electron chi connectivity index (χ4n) is 2.10. The van der Waals surface area contributed by atoms with E-state index in [1.165, 1.54) is 0 Å². The first-order valence-electron chi connectivity index (χ1n) is 5.52. The van der Waals surface area contributed by atoms with E-state index in [1.54, 1.807) is 6.92 Å². The average molecular weight is 218 g/mol. The van der Waals surface area contributed by atoms with Gasteiger partial charge < -0.3 is 4.74 Å². The second-order valence-electron chi connectivity index (χ2n) is 3.85. The molecule has 16 heavy (non-hydrogen) atoms. The molecule has 0 spiro atoms. The molecule has 0 fully saturated rings. The molecule has 1 aromatic rings. The molecule has 1 aromatic carbocycles. The lowest BCUT2D eigenvalue weighted by Crippen LogP contribution is -2.09. The number of Topliss-reactive ketones (excluding diaryl/α,β-unsaturated/α-hetero) is 1. The normalized spacial score (nSPS) is 13.7. The van der Waals surface area contributed by atoms with E-state index in [1.807, 2.05) is 18.2 Å². The van der Waals surface area contributed by atoms with Crippen LogP contribution in [0.1, 0.15) is 34.8 Å².